The zero-order valence-corrected chi connectivity index (χ0v) is 20.2. The molecule has 0 radical (unpaired) electrons. The maximum absolute atomic E-state index is 12.8. The van der Waals surface area contributed by atoms with Gasteiger partial charge in [-0.2, -0.15) is 0 Å². The number of anilines is 3. The van der Waals surface area contributed by atoms with Crippen molar-refractivity contribution in [2.24, 2.45) is 0 Å². The molecule has 2 amide bonds. The zero-order valence-electron chi connectivity index (χ0n) is 20.2. The van der Waals surface area contributed by atoms with Crippen LogP contribution in [0.4, 0.5) is 21.9 Å². The number of amides is 2. The van der Waals surface area contributed by atoms with E-state index in [2.05, 4.69) is 69.0 Å². The number of rotatable bonds is 8. The van der Waals surface area contributed by atoms with E-state index in [0.29, 0.717) is 23.7 Å². The largest absolute Gasteiger partial charge is 0.493 e. The number of nitrogens with one attached hydrogen (secondary N) is 2. The van der Waals surface area contributed by atoms with Crippen molar-refractivity contribution in [2.75, 3.05) is 56.5 Å². The van der Waals surface area contributed by atoms with Crippen molar-refractivity contribution >= 4 is 23.1 Å². The molecule has 0 aromatic heterocycles. The van der Waals surface area contributed by atoms with Gasteiger partial charge in [-0.05, 0) is 47.9 Å². The Morgan fingerprint density at radius 3 is 2.44 bits per heavy atom. The standard InChI is InChI=1S/C27H32N4O3/c1-30(2)22-12-9-20(10-13-22)24(31-16-15-19-7-5-6-8-23(19)31)18-28-27(32)29-21-11-14-25(33-3)26(17-21)34-4/h5-14,17,24H,15-16,18H2,1-4H3,(H2,28,29,32). The topological polar surface area (TPSA) is 66.1 Å². The third kappa shape index (κ3) is 5.03. The minimum absolute atomic E-state index is 0.0102. The predicted octanol–water partition coefficient (Wildman–Crippen LogP) is 4.70. The fourth-order valence-corrected chi connectivity index (χ4v) is 4.37. The van der Waals surface area contributed by atoms with Gasteiger partial charge in [-0.1, -0.05) is 30.3 Å². The molecule has 1 unspecified atom stereocenters. The summed E-state index contributed by atoms with van der Waals surface area (Å²) in [6.07, 6.45) is 1.00. The smallest absolute Gasteiger partial charge is 0.319 e. The number of fused-ring (bicyclic) bond motifs is 1. The molecule has 34 heavy (non-hydrogen) atoms. The fourth-order valence-electron chi connectivity index (χ4n) is 4.37. The molecule has 3 aromatic carbocycles. The van der Waals surface area contributed by atoms with Crippen LogP contribution >= 0.6 is 0 Å². The molecular weight excluding hydrogens is 428 g/mol. The number of carbonyl (C=O) groups excluding carboxylic acids is 1. The van der Waals surface area contributed by atoms with E-state index < -0.39 is 0 Å². The second-order valence-electron chi connectivity index (χ2n) is 8.48. The number of urea groups is 1. The summed E-state index contributed by atoms with van der Waals surface area (Å²) in [7, 11) is 7.22. The Morgan fingerprint density at radius 1 is 1.00 bits per heavy atom. The number of nitrogens with zero attached hydrogens (tertiary/aromatic N) is 2. The van der Waals surface area contributed by atoms with E-state index in [0.717, 1.165) is 24.2 Å². The summed E-state index contributed by atoms with van der Waals surface area (Å²) in [6, 6.07) is 22.1. The molecule has 1 atom stereocenters. The summed E-state index contributed by atoms with van der Waals surface area (Å²) in [5.41, 5.74) is 5.50. The molecule has 0 saturated carbocycles. The molecule has 7 nitrogen and oxygen atoms in total. The number of hydrogen-bond acceptors (Lipinski definition) is 5. The summed E-state index contributed by atoms with van der Waals surface area (Å²) >= 11 is 0. The number of methoxy groups -OCH3 is 2. The summed E-state index contributed by atoms with van der Waals surface area (Å²) in [5, 5.41) is 5.96. The first-order valence-electron chi connectivity index (χ1n) is 11.4. The average molecular weight is 461 g/mol. The van der Waals surface area contributed by atoms with Crippen molar-refractivity contribution in [2.45, 2.75) is 12.5 Å². The second-order valence-corrected chi connectivity index (χ2v) is 8.48. The molecule has 2 N–H and O–H groups in total. The molecule has 1 aliphatic rings. The van der Waals surface area contributed by atoms with Crippen molar-refractivity contribution in [3.8, 4) is 11.5 Å². The van der Waals surface area contributed by atoms with Gasteiger partial charge in [0.15, 0.2) is 11.5 Å². The van der Waals surface area contributed by atoms with Crippen LogP contribution < -0.4 is 29.9 Å². The van der Waals surface area contributed by atoms with E-state index in [1.807, 2.05) is 14.1 Å². The van der Waals surface area contributed by atoms with E-state index in [1.165, 1.54) is 11.3 Å². The first kappa shape index (κ1) is 23.3. The lowest BCUT2D eigenvalue weighted by molar-refractivity contribution is 0.251. The maximum atomic E-state index is 12.8. The third-order valence-electron chi connectivity index (χ3n) is 6.19. The van der Waals surface area contributed by atoms with Gasteiger partial charge in [-0.3, -0.25) is 0 Å². The van der Waals surface area contributed by atoms with Crippen LogP contribution in [0, 0.1) is 0 Å². The van der Waals surface area contributed by atoms with Gasteiger partial charge < -0.3 is 29.9 Å². The first-order chi connectivity index (χ1) is 16.5. The Balaban J connectivity index is 1.51. The highest BCUT2D eigenvalue weighted by Crippen LogP contribution is 2.35. The number of hydrogen-bond donors (Lipinski definition) is 2. The molecule has 178 valence electrons. The highest BCUT2D eigenvalue weighted by atomic mass is 16.5. The van der Waals surface area contributed by atoms with Crippen molar-refractivity contribution in [3.63, 3.8) is 0 Å². The van der Waals surface area contributed by atoms with E-state index in [4.69, 9.17) is 9.47 Å². The Bertz CT molecular complexity index is 1130. The van der Waals surface area contributed by atoms with Crippen LogP contribution in [-0.4, -0.2) is 47.4 Å². The second kappa shape index (κ2) is 10.4. The molecule has 0 spiro atoms. The molecule has 0 fully saturated rings. The minimum Gasteiger partial charge on any atom is -0.493 e. The van der Waals surface area contributed by atoms with Crippen molar-refractivity contribution in [1.29, 1.82) is 0 Å². The van der Waals surface area contributed by atoms with Crippen LogP contribution in [0.2, 0.25) is 0 Å². The van der Waals surface area contributed by atoms with Crippen LogP contribution in [0.25, 0.3) is 0 Å². The van der Waals surface area contributed by atoms with Gasteiger partial charge in [0.1, 0.15) is 0 Å². The number of ether oxygens (including phenoxy) is 2. The van der Waals surface area contributed by atoms with E-state index in [9.17, 15) is 4.79 Å². The molecule has 7 heteroatoms. The summed E-state index contributed by atoms with van der Waals surface area (Å²) < 4.78 is 10.6. The van der Waals surface area contributed by atoms with E-state index >= 15 is 0 Å². The van der Waals surface area contributed by atoms with Gasteiger partial charge in [-0.25, -0.2) is 4.79 Å². The Kier molecular flexibility index (Phi) is 7.11. The van der Waals surface area contributed by atoms with Crippen LogP contribution in [0.3, 0.4) is 0 Å². The minimum atomic E-state index is -0.269. The lowest BCUT2D eigenvalue weighted by Gasteiger charge is -2.31. The van der Waals surface area contributed by atoms with Gasteiger partial charge in [-0.15, -0.1) is 0 Å². The third-order valence-corrected chi connectivity index (χ3v) is 6.19. The summed E-state index contributed by atoms with van der Waals surface area (Å²) in [4.78, 5) is 17.3. The molecule has 0 aliphatic carbocycles. The van der Waals surface area contributed by atoms with Crippen molar-refractivity contribution < 1.29 is 14.3 Å². The van der Waals surface area contributed by atoms with E-state index in [-0.39, 0.29) is 12.1 Å². The molecule has 4 rings (SSSR count). The van der Waals surface area contributed by atoms with Gasteiger partial charge in [0.2, 0.25) is 0 Å². The Hall–Kier alpha value is -3.87. The average Bonchev–Trinajstić information content (AvgIpc) is 3.28. The molecular formula is C27H32N4O3. The molecule has 0 bridgehead atoms. The Labute approximate surface area is 201 Å². The van der Waals surface area contributed by atoms with Crippen LogP contribution in [0.15, 0.2) is 66.7 Å². The van der Waals surface area contributed by atoms with E-state index in [1.54, 1.807) is 32.4 Å². The summed E-state index contributed by atoms with van der Waals surface area (Å²) in [5.74, 6) is 1.18. The fraction of sp³-hybridized carbons (Fsp3) is 0.296. The SMILES string of the molecule is COc1ccc(NC(=O)NCC(c2ccc(N(C)C)cc2)N2CCc3ccccc32)cc1OC. The van der Waals surface area contributed by atoms with Crippen LogP contribution in [-0.2, 0) is 6.42 Å². The number of para-hydroxylation sites is 1. The highest BCUT2D eigenvalue weighted by molar-refractivity contribution is 5.89. The monoisotopic (exact) mass is 460 g/mol. The maximum Gasteiger partial charge on any atom is 0.319 e. The lowest BCUT2D eigenvalue weighted by Crippen LogP contribution is -2.39. The lowest BCUT2D eigenvalue weighted by atomic mass is 10.0. The van der Waals surface area contributed by atoms with Crippen molar-refractivity contribution in [1.82, 2.24) is 5.32 Å². The van der Waals surface area contributed by atoms with Crippen LogP contribution in [0.1, 0.15) is 17.2 Å². The molecule has 1 heterocycles. The number of carbonyl (C=O) groups is 1. The molecule has 1 aliphatic heterocycles. The normalized spacial score (nSPS) is 13.1. The predicted molar refractivity (Wildman–Crippen MR) is 138 cm³/mol. The Morgan fingerprint density at radius 2 is 1.74 bits per heavy atom. The zero-order chi connectivity index (χ0) is 24.1. The van der Waals surface area contributed by atoms with Gasteiger partial charge in [0.05, 0.1) is 20.3 Å². The first-order valence-corrected chi connectivity index (χ1v) is 11.4. The molecule has 0 saturated heterocycles. The highest BCUT2D eigenvalue weighted by Gasteiger charge is 2.27. The van der Waals surface area contributed by atoms with Gasteiger partial charge in [0, 0.05) is 50.3 Å². The summed E-state index contributed by atoms with van der Waals surface area (Å²) in [6.45, 7) is 1.38. The molecule has 3 aromatic rings. The van der Waals surface area contributed by atoms with Gasteiger partial charge >= 0.3 is 6.03 Å². The number of benzene rings is 3. The quantitative estimate of drug-likeness (QED) is 0.510. The van der Waals surface area contributed by atoms with Crippen LogP contribution in [0.5, 0.6) is 11.5 Å². The van der Waals surface area contributed by atoms with Crippen molar-refractivity contribution in [3.05, 3.63) is 77.9 Å². The van der Waals surface area contributed by atoms with Gasteiger partial charge in [0.25, 0.3) is 0 Å².